The fourth-order valence-electron chi connectivity index (χ4n) is 1.77. The number of aromatic nitrogens is 1. The highest BCUT2D eigenvalue weighted by Crippen LogP contribution is 2.24. The van der Waals surface area contributed by atoms with Gasteiger partial charge >= 0.3 is 0 Å². The first-order chi connectivity index (χ1) is 9.13. The lowest BCUT2D eigenvalue weighted by Crippen LogP contribution is -1.99. The normalized spacial score (nSPS) is 9.68. The van der Waals surface area contributed by atoms with Gasteiger partial charge in [-0.3, -0.25) is 0 Å². The van der Waals surface area contributed by atoms with Crippen LogP contribution in [-0.2, 0) is 13.6 Å². The van der Waals surface area contributed by atoms with Crippen LogP contribution >= 0.6 is 15.9 Å². The summed E-state index contributed by atoms with van der Waals surface area (Å²) in [5.74, 6) is 0. The molecule has 0 unspecified atom stereocenters. The topological polar surface area (TPSA) is 64.5 Å². The Hall–Kier alpha value is -2.24. The van der Waals surface area contributed by atoms with Crippen LogP contribution in [0.15, 0.2) is 34.9 Å². The van der Waals surface area contributed by atoms with Gasteiger partial charge in [0.2, 0.25) is 0 Å². The molecule has 1 aromatic heterocycles. The molecule has 0 aliphatic carbocycles. The SMILES string of the molecule is Cn1cc(CNc2ccc(C#N)cc2Br)cc1C#N. The molecule has 0 atom stereocenters. The zero-order chi connectivity index (χ0) is 13.8. The van der Waals surface area contributed by atoms with Gasteiger partial charge in [-0.05, 0) is 45.8 Å². The van der Waals surface area contributed by atoms with E-state index in [9.17, 15) is 0 Å². The number of hydrogen-bond acceptors (Lipinski definition) is 3. The van der Waals surface area contributed by atoms with Crippen molar-refractivity contribution in [2.45, 2.75) is 6.54 Å². The van der Waals surface area contributed by atoms with E-state index in [1.165, 1.54) is 0 Å². The van der Waals surface area contributed by atoms with Gasteiger partial charge in [-0.1, -0.05) is 0 Å². The molecule has 0 amide bonds. The molecule has 0 saturated carbocycles. The number of hydrogen-bond donors (Lipinski definition) is 1. The lowest BCUT2D eigenvalue weighted by atomic mass is 10.2. The third kappa shape index (κ3) is 2.96. The number of halogens is 1. The maximum atomic E-state index is 8.89. The van der Waals surface area contributed by atoms with E-state index in [0.29, 0.717) is 17.8 Å². The van der Waals surface area contributed by atoms with Crippen LogP contribution in [-0.4, -0.2) is 4.57 Å². The first kappa shape index (κ1) is 13.2. The van der Waals surface area contributed by atoms with Crippen molar-refractivity contribution < 1.29 is 0 Å². The molecule has 0 fully saturated rings. The van der Waals surface area contributed by atoms with Crippen molar-refractivity contribution in [2.75, 3.05) is 5.32 Å². The lowest BCUT2D eigenvalue weighted by Gasteiger charge is -2.07. The second-order valence-electron chi connectivity index (χ2n) is 4.12. The zero-order valence-corrected chi connectivity index (χ0v) is 11.9. The summed E-state index contributed by atoms with van der Waals surface area (Å²) in [6.45, 7) is 0.625. The fourth-order valence-corrected chi connectivity index (χ4v) is 2.29. The van der Waals surface area contributed by atoms with E-state index < -0.39 is 0 Å². The number of benzene rings is 1. The van der Waals surface area contributed by atoms with E-state index in [0.717, 1.165) is 15.7 Å². The Morgan fingerprint density at radius 3 is 2.63 bits per heavy atom. The summed E-state index contributed by atoms with van der Waals surface area (Å²) in [6, 6.07) is 11.5. The summed E-state index contributed by atoms with van der Waals surface area (Å²) < 4.78 is 2.65. The standard InChI is InChI=1S/C14H11BrN4/c1-19-9-11(4-12(19)7-17)8-18-14-3-2-10(6-16)5-13(14)15/h2-5,9,18H,8H2,1H3. The monoisotopic (exact) mass is 314 g/mol. The molecule has 2 aromatic rings. The van der Waals surface area contributed by atoms with Gasteiger partial charge in [-0.25, -0.2) is 0 Å². The maximum absolute atomic E-state index is 8.89. The molecule has 1 N–H and O–H groups in total. The summed E-state index contributed by atoms with van der Waals surface area (Å²) in [4.78, 5) is 0. The largest absolute Gasteiger partial charge is 0.380 e. The molecule has 0 radical (unpaired) electrons. The van der Waals surface area contributed by atoms with Crippen LogP contribution in [0.4, 0.5) is 5.69 Å². The molecule has 0 aliphatic heterocycles. The molecule has 0 aliphatic rings. The van der Waals surface area contributed by atoms with Crippen LogP contribution in [0, 0.1) is 22.7 Å². The molecule has 0 bridgehead atoms. The first-order valence-electron chi connectivity index (χ1n) is 5.63. The van der Waals surface area contributed by atoms with Crippen molar-refractivity contribution >= 4 is 21.6 Å². The number of nitrogens with zero attached hydrogens (tertiary/aromatic N) is 3. The third-order valence-corrected chi connectivity index (χ3v) is 3.41. The maximum Gasteiger partial charge on any atom is 0.120 e. The van der Waals surface area contributed by atoms with Gasteiger partial charge in [-0.15, -0.1) is 0 Å². The third-order valence-electron chi connectivity index (χ3n) is 2.76. The molecule has 19 heavy (non-hydrogen) atoms. The lowest BCUT2D eigenvalue weighted by molar-refractivity contribution is 0.902. The molecule has 4 nitrogen and oxygen atoms in total. The Bertz CT molecular complexity index is 688. The van der Waals surface area contributed by atoms with Gasteiger partial charge in [0.25, 0.3) is 0 Å². The van der Waals surface area contributed by atoms with E-state index >= 15 is 0 Å². The summed E-state index contributed by atoms with van der Waals surface area (Å²) >= 11 is 3.42. The zero-order valence-electron chi connectivity index (χ0n) is 10.3. The van der Waals surface area contributed by atoms with Gasteiger partial charge in [0, 0.05) is 29.9 Å². The van der Waals surface area contributed by atoms with Gasteiger partial charge in [0.15, 0.2) is 0 Å². The first-order valence-corrected chi connectivity index (χ1v) is 6.42. The van der Waals surface area contributed by atoms with E-state index in [4.69, 9.17) is 10.5 Å². The Kier molecular flexibility index (Phi) is 3.89. The summed E-state index contributed by atoms with van der Waals surface area (Å²) in [7, 11) is 1.85. The fraction of sp³-hybridized carbons (Fsp3) is 0.143. The van der Waals surface area contributed by atoms with Crippen molar-refractivity contribution in [1.82, 2.24) is 4.57 Å². The van der Waals surface area contributed by atoms with Crippen LogP contribution < -0.4 is 5.32 Å². The summed E-state index contributed by atoms with van der Waals surface area (Å²) in [6.07, 6.45) is 1.92. The van der Waals surface area contributed by atoms with E-state index in [-0.39, 0.29) is 0 Å². The van der Waals surface area contributed by atoms with Crippen molar-refractivity contribution in [1.29, 1.82) is 10.5 Å². The minimum absolute atomic E-state index is 0.615. The second kappa shape index (κ2) is 5.60. The average Bonchev–Trinajstić information content (AvgIpc) is 2.77. The Labute approximate surface area is 120 Å². The van der Waals surface area contributed by atoms with Crippen molar-refractivity contribution in [3.8, 4) is 12.1 Å². The van der Waals surface area contributed by atoms with Crippen LogP contribution in [0.5, 0.6) is 0 Å². The molecule has 1 aromatic carbocycles. The van der Waals surface area contributed by atoms with E-state index in [1.807, 2.05) is 25.4 Å². The number of rotatable bonds is 3. The number of aryl methyl sites for hydroxylation is 1. The smallest absolute Gasteiger partial charge is 0.120 e. The van der Waals surface area contributed by atoms with Crippen LogP contribution in [0.2, 0.25) is 0 Å². The summed E-state index contributed by atoms with van der Waals surface area (Å²) in [5, 5.41) is 21.0. The molecule has 2 rings (SSSR count). The molecule has 94 valence electrons. The van der Waals surface area contributed by atoms with Crippen molar-refractivity contribution in [3.63, 3.8) is 0 Å². The van der Waals surface area contributed by atoms with Crippen molar-refractivity contribution in [3.05, 3.63) is 51.8 Å². The minimum Gasteiger partial charge on any atom is -0.380 e. The molecular weight excluding hydrogens is 304 g/mol. The van der Waals surface area contributed by atoms with Gasteiger partial charge in [-0.2, -0.15) is 10.5 Å². The number of nitrogens with one attached hydrogen (secondary N) is 1. The number of anilines is 1. The van der Waals surface area contributed by atoms with Gasteiger partial charge in [0.05, 0.1) is 11.6 Å². The predicted octanol–water partition coefficient (Wildman–Crippen LogP) is 3.14. The Morgan fingerprint density at radius 1 is 1.26 bits per heavy atom. The van der Waals surface area contributed by atoms with Gasteiger partial charge in [0.1, 0.15) is 11.8 Å². The van der Waals surface area contributed by atoms with Crippen LogP contribution in [0.3, 0.4) is 0 Å². The minimum atomic E-state index is 0.615. The molecule has 0 spiro atoms. The average molecular weight is 315 g/mol. The molecule has 1 heterocycles. The molecule has 5 heteroatoms. The molecular formula is C14H11BrN4. The highest BCUT2D eigenvalue weighted by Gasteiger charge is 2.04. The van der Waals surface area contributed by atoms with Gasteiger partial charge < -0.3 is 9.88 Å². The van der Waals surface area contributed by atoms with E-state index in [1.54, 1.807) is 16.7 Å². The second-order valence-corrected chi connectivity index (χ2v) is 4.97. The number of nitriles is 2. The van der Waals surface area contributed by atoms with E-state index in [2.05, 4.69) is 33.4 Å². The summed E-state index contributed by atoms with van der Waals surface area (Å²) in [5.41, 5.74) is 3.20. The Balaban J connectivity index is 2.11. The van der Waals surface area contributed by atoms with Crippen LogP contribution in [0.1, 0.15) is 16.8 Å². The molecule has 0 saturated heterocycles. The quantitative estimate of drug-likeness (QED) is 0.946. The van der Waals surface area contributed by atoms with Crippen LogP contribution in [0.25, 0.3) is 0 Å². The van der Waals surface area contributed by atoms with Crippen molar-refractivity contribution in [2.24, 2.45) is 7.05 Å². The highest BCUT2D eigenvalue weighted by molar-refractivity contribution is 9.10. The predicted molar refractivity (Wildman–Crippen MR) is 76.3 cm³/mol. The highest BCUT2D eigenvalue weighted by atomic mass is 79.9. The Morgan fingerprint density at radius 2 is 2.05 bits per heavy atom.